The van der Waals surface area contributed by atoms with Crippen LogP contribution in [-0.4, -0.2) is 21.6 Å². The van der Waals surface area contributed by atoms with Crippen LogP contribution in [0.25, 0.3) is 11.0 Å². The van der Waals surface area contributed by atoms with Crippen LogP contribution in [0.1, 0.15) is 18.1 Å². The summed E-state index contributed by atoms with van der Waals surface area (Å²) in [6.45, 7) is 0. The fraction of sp³-hybridized carbons (Fsp3) is 0.118. The molecular formula is C17H14N4O2. The van der Waals surface area contributed by atoms with E-state index >= 15 is 0 Å². The standard InChI is InChI=1S/C17H14N4O2/c22-17(20-13-8-4-7-12-16(13)19-10-18-12)14-9-15(23-21-14)11-5-2-1-3-6-11/h1-8,10,15H,9H2,(H,18,19)(H,20,22)/t15-/m1/s1. The van der Waals surface area contributed by atoms with Crippen molar-refractivity contribution < 1.29 is 9.63 Å². The molecule has 1 atom stereocenters. The summed E-state index contributed by atoms with van der Waals surface area (Å²) in [5.74, 6) is -0.265. The molecule has 4 rings (SSSR count). The van der Waals surface area contributed by atoms with Crippen molar-refractivity contribution in [2.75, 3.05) is 5.32 Å². The van der Waals surface area contributed by atoms with E-state index in [0.717, 1.165) is 16.6 Å². The number of nitrogens with zero attached hydrogens (tertiary/aromatic N) is 2. The summed E-state index contributed by atoms with van der Waals surface area (Å²) >= 11 is 0. The van der Waals surface area contributed by atoms with Crippen molar-refractivity contribution >= 4 is 28.3 Å². The fourth-order valence-electron chi connectivity index (χ4n) is 2.62. The van der Waals surface area contributed by atoms with E-state index < -0.39 is 0 Å². The topological polar surface area (TPSA) is 79.4 Å². The Balaban J connectivity index is 1.49. The number of anilines is 1. The molecule has 0 saturated heterocycles. The predicted molar refractivity (Wildman–Crippen MR) is 87.0 cm³/mol. The van der Waals surface area contributed by atoms with Gasteiger partial charge in [0.1, 0.15) is 11.2 Å². The van der Waals surface area contributed by atoms with Gasteiger partial charge < -0.3 is 15.1 Å². The first kappa shape index (κ1) is 13.5. The Bertz CT molecular complexity index is 886. The molecule has 2 heterocycles. The van der Waals surface area contributed by atoms with Crippen molar-refractivity contribution in [2.24, 2.45) is 5.16 Å². The molecular weight excluding hydrogens is 292 g/mol. The molecule has 2 aromatic carbocycles. The normalized spacial score (nSPS) is 16.9. The van der Waals surface area contributed by atoms with Crippen molar-refractivity contribution in [3.05, 3.63) is 60.4 Å². The van der Waals surface area contributed by atoms with Crippen LogP contribution >= 0.6 is 0 Å². The first-order valence-corrected chi connectivity index (χ1v) is 7.32. The van der Waals surface area contributed by atoms with Gasteiger partial charge in [0.15, 0.2) is 6.10 Å². The number of carbonyl (C=O) groups is 1. The van der Waals surface area contributed by atoms with Gasteiger partial charge in [-0.25, -0.2) is 4.98 Å². The number of carbonyl (C=O) groups excluding carboxylic acids is 1. The summed E-state index contributed by atoms with van der Waals surface area (Å²) < 4.78 is 0. The Hall–Kier alpha value is -3.15. The van der Waals surface area contributed by atoms with Crippen LogP contribution in [-0.2, 0) is 9.63 Å². The van der Waals surface area contributed by atoms with Gasteiger partial charge in [0.2, 0.25) is 0 Å². The monoisotopic (exact) mass is 306 g/mol. The molecule has 1 aliphatic heterocycles. The third-order valence-corrected chi connectivity index (χ3v) is 3.80. The van der Waals surface area contributed by atoms with E-state index in [4.69, 9.17) is 4.84 Å². The van der Waals surface area contributed by atoms with Gasteiger partial charge in [-0.3, -0.25) is 4.79 Å². The van der Waals surface area contributed by atoms with Gasteiger partial charge in [0.05, 0.1) is 17.5 Å². The van der Waals surface area contributed by atoms with E-state index in [1.165, 1.54) is 0 Å². The molecule has 1 aromatic heterocycles. The number of nitrogens with one attached hydrogen (secondary N) is 2. The molecule has 1 amide bonds. The lowest BCUT2D eigenvalue weighted by Gasteiger charge is -2.07. The maximum absolute atomic E-state index is 12.4. The number of para-hydroxylation sites is 1. The fourth-order valence-corrected chi connectivity index (χ4v) is 2.62. The lowest BCUT2D eigenvalue weighted by molar-refractivity contribution is -0.110. The van der Waals surface area contributed by atoms with Gasteiger partial charge >= 0.3 is 0 Å². The van der Waals surface area contributed by atoms with E-state index in [1.807, 2.05) is 48.5 Å². The number of hydrogen-bond donors (Lipinski definition) is 2. The molecule has 23 heavy (non-hydrogen) atoms. The minimum atomic E-state index is -0.265. The van der Waals surface area contributed by atoms with Crippen LogP contribution in [0.15, 0.2) is 60.0 Å². The van der Waals surface area contributed by atoms with E-state index in [-0.39, 0.29) is 12.0 Å². The summed E-state index contributed by atoms with van der Waals surface area (Å²) in [4.78, 5) is 25.0. The van der Waals surface area contributed by atoms with Gasteiger partial charge in [-0.15, -0.1) is 0 Å². The number of aromatic amines is 1. The lowest BCUT2D eigenvalue weighted by Crippen LogP contribution is -2.22. The summed E-state index contributed by atoms with van der Waals surface area (Å²) in [5, 5.41) is 6.79. The van der Waals surface area contributed by atoms with Crippen LogP contribution < -0.4 is 5.32 Å². The number of benzene rings is 2. The smallest absolute Gasteiger partial charge is 0.273 e. The minimum Gasteiger partial charge on any atom is -0.387 e. The molecule has 6 nitrogen and oxygen atoms in total. The quantitative estimate of drug-likeness (QED) is 0.780. The maximum atomic E-state index is 12.4. The molecule has 0 spiro atoms. The van der Waals surface area contributed by atoms with Crippen LogP contribution in [0, 0.1) is 0 Å². The number of hydrogen-bond acceptors (Lipinski definition) is 4. The molecule has 3 aromatic rings. The van der Waals surface area contributed by atoms with E-state index in [9.17, 15) is 4.79 Å². The number of H-pyrrole nitrogens is 1. The molecule has 0 fully saturated rings. The number of aromatic nitrogens is 2. The Morgan fingerprint density at radius 1 is 1.17 bits per heavy atom. The van der Waals surface area contributed by atoms with E-state index in [1.54, 1.807) is 6.33 Å². The molecule has 1 aliphatic rings. The van der Waals surface area contributed by atoms with Gasteiger partial charge in [-0.2, -0.15) is 0 Å². The van der Waals surface area contributed by atoms with Crippen molar-refractivity contribution in [3.8, 4) is 0 Å². The summed E-state index contributed by atoms with van der Waals surface area (Å²) in [6, 6.07) is 15.3. The average Bonchev–Trinajstić information content (AvgIpc) is 3.25. The zero-order valence-corrected chi connectivity index (χ0v) is 12.2. The van der Waals surface area contributed by atoms with Crippen molar-refractivity contribution in [1.82, 2.24) is 9.97 Å². The van der Waals surface area contributed by atoms with E-state index in [2.05, 4.69) is 20.4 Å². The Morgan fingerprint density at radius 3 is 2.91 bits per heavy atom. The average molecular weight is 306 g/mol. The van der Waals surface area contributed by atoms with E-state index in [0.29, 0.717) is 17.8 Å². The largest absolute Gasteiger partial charge is 0.387 e. The number of rotatable bonds is 3. The molecule has 0 aliphatic carbocycles. The van der Waals surface area contributed by atoms with Gasteiger partial charge in [0.25, 0.3) is 5.91 Å². The highest BCUT2D eigenvalue weighted by molar-refractivity contribution is 6.43. The van der Waals surface area contributed by atoms with Crippen LogP contribution in [0.4, 0.5) is 5.69 Å². The van der Waals surface area contributed by atoms with Crippen molar-refractivity contribution in [3.63, 3.8) is 0 Å². The highest BCUT2D eigenvalue weighted by Crippen LogP contribution is 2.27. The molecule has 0 unspecified atom stereocenters. The number of fused-ring (bicyclic) bond motifs is 1. The number of oxime groups is 1. The number of imidazole rings is 1. The molecule has 0 saturated carbocycles. The Labute approximate surface area is 132 Å². The first-order valence-electron chi connectivity index (χ1n) is 7.32. The molecule has 2 N–H and O–H groups in total. The van der Waals surface area contributed by atoms with Crippen LogP contribution in [0.5, 0.6) is 0 Å². The second kappa shape index (κ2) is 5.57. The SMILES string of the molecule is O=C(Nc1cccc2[nH]cnc12)C1=NO[C@@H](c2ccccc2)C1. The first-order chi connectivity index (χ1) is 11.3. The highest BCUT2D eigenvalue weighted by Gasteiger charge is 2.27. The zero-order valence-electron chi connectivity index (χ0n) is 12.2. The third-order valence-electron chi connectivity index (χ3n) is 3.80. The Morgan fingerprint density at radius 2 is 2.04 bits per heavy atom. The van der Waals surface area contributed by atoms with Crippen LogP contribution in [0.3, 0.4) is 0 Å². The summed E-state index contributed by atoms with van der Waals surface area (Å²) in [5.41, 5.74) is 3.63. The third kappa shape index (κ3) is 2.55. The summed E-state index contributed by atoms with van der Waals surface area (Å²) in [6.07, 6.45) is 1.84. The summed E-state index contributed by atoms with van der Waals surface area (Å²) in [7, 11) is 0. The molecule has 114 valence electrons. The molecule has 0 radical (unpaired) electrons. The highest BCUT2D eigenvalue weighted by atomic mass is 16.6. The maximum Gasteiger partial charge on any atom is 0.273 e. The second-order valence-corrected chi connectivity index (χ2v) is 5.31. The number of amides is 1. The predicted octanol–water partition coefficient (Wildman–Crippen LogP) is 3.02. The second-order valence-electron chi connectivity index (χ2n) is 5.31. The lowest BCUT2D eigenvalue weighted by atomic mass is 10.0. The minimum absolute atomic E-state index is 0.210. The molecule has 0 bridgehead atoms. The molecule has 6 heteroatoms. The van der Waals surface area contributed by atoms with Crippen molar-refractivity contribution in [2.45, 2.75) is 12.5 Å². The Kier molecular flexibility index (Phi) is 3.27. The van der Waals surface area contributed by atoms with Gasteiger partial charge in [-0.05, 0) is 17.7 Å². The van der Waals surface area contributed by atoms with Crippen molar-refractivity contribution in [1.29, 1.82) is 0 Å². The van der Waals surface area contributed by atoms with Gasteiger partial charge in [0, 0.05) is 6.42 Å². The van der Waals surface area contributed by atoms with Crippen LogP contribution in [0.2, 0.25) is 0 Å². The van der Waals surface area contributed by atoms with Gasteiger partial charge in [-0.1, -0.05) is 41.6 Å². The zero-order chi connectivity index (χ0) is 15.6.